The molecule has 0 amide bonds. The van der Waals surface area contributed by atoms with E-state index >= 15 is 0 Å². The van der Waals surface area contributed by atoms with Crippen molar-refractivity contribution in [2.24, 2.45) is 0 Å². The van der Waals surface area contributed by atoms with Crippen LogP contribution in [-0.4, -0.2) is 7.05 Å². The summed E-state index contributed by atoms with van der Waals surface area (Å²) in [6, 6.07) is 6.50. The van der Waals surface area contributed by atoms with E-state index in [4.69, 9.17) is 0 Å². The Kier molecular flexibility index (Phi) is 2.74. The van der Waals surface area contributed by atoms with Gasteiger partial charge in [0.25, 0.3) is 0 Å². The number of rotatable bonds is 2. The molecule has 0 aliphatic rings. The van der Waals surface area contributed by atoms with Crippen molar-refractivity contribution in [3.63, 3.8) is 0 Å². The number of hydrogen-bond donors (Lipinski definition) is 1. The van der Waals surface area contributed by atoms with Gasteiger partial charge in [-0.3, -0.25) is 0 Å². The number of anilines is 1. The second-order valence-corrected chi connectivity index (χ2v) is 3.48. The second-order valence-electron chi connectivity index (χ2n) is 3.48. The van der Waals surface area contributed by atoms with E-state index in [1.165, 1.54) is 16.8 Å². The number of aryl methyl sites for hydroxylation is 1. The molecular weight excluding hydrogens is 146 g/mol. The third-order valence-corrected chi connectivity index (χ3v) is 2.19. The summed E-state index contributed by atoms with van der Waals surface area (Å²) in [5.74, 6) is 0.610. The SMILES string of the molecule is CNc1ccc(C)c(C(C)C)c1. The van der Waals surface area contributed by atoms with Gasteiger partial charge in [-0.1, -0.05) is 19.9 Å². The van der Waals surface area contributed by atoms with Crippen LogP contribution in [0.25, 0.3) is 0 Å². The zero-order valence-corrected chi connectivity index (χ0v) is 8.31. The van der Waals surface area contributed by atoms with Crippen molar-refractivity contribution >= 4 is 5.69 Å². The van der Waals surface area contributed by atoms with Crippen molar-refractivity contribution in [3.05, 3.63) is 29.3 Å². The molecular formula is C11H17N. The maximum absolute atomic E-state index is 3.15. The molecule has 0 bridgehead atoms. The molecule has 1 nitrogen and oxygen atoms in total. The van der Waals surface area contributed by atoms with E-state index in [9.17, 15) is 0 Å². The van der Waals surface area contributed by atoms with Gasteiger partial charge >= 0.3 is 0 Å². The minimum atomic E-state index is 0.610. The number of nitrogens with one attached hydrogen (secondary N) is 1. The summed E-state index contributed by atoms with van der Waals surface area (Å²) in [4.78, 5) is 0. The van der Waals surface area contributed by atoms with Crippen LogP contribution in [0.15, 0.2) is 18.2 Å². The lowest BCUT2D eigenvalue weighted by molar-refractivity contribution is 0.857. The summed E-state index contributed by atoms with van der Waals surface area (Å²) < 4.78 is 0. The van der Waals surface area contributed by atoms with Crippen LogP contribution in [0, 0.1) is 6.92 Å². The minimum Gasteiger partial charge on any atom is -0.388 e. The van der Waals surface area contributed by atoms with E-state index in [0.29, 0.717) is 5.92 Å². The first-order valence-electron chi connectivity index (χ1n) is 4.43. The van der Waals surface area contributed by atoms with Crippen molar-refractivity contribution in [3.8, 4) is 0 Å². The van der Waals surface area contributed by atoms with Crippen LogP contribution in [-0.2, 0) is 0 Å². The monoisotopic (exact) mass is 163 g/mol. The fraction of sp³-hybridized carbons (Fsp3) is 0.455. The molecule has 1 aromatic carbocycles. The van der Waals surface area contributed by atoms with Crippen LogP contribution >= 0.6 is 0 Å². The summed E-state index contributed by atoms with van der Waals surface area (Å²) >= 11 is 0. The highest BCUT2D eigenvalue weighted by molar-refractivity contribution is 5.48. The molecule has 0 heterocycles. The van der Waals surface area contributed by atoms with E-state index in [0.717, 1.165) is 0 Å². The van der Waals surface area contributed by atoms with Crippen LogP contribution in [0.5, 0.6) is 0 Å². The molecule has 1 rings (SSSR count). The third-order valence-electron chi connectivity index (χ3n) is 2.19. The van der Waals surface area contributed by atoms with Crippen LogP contribution < -0.4 is 5.32 Å². The molecule has 0 aliphatic heterocycles. The fourth-order valence-electron chi connectivity index (χ4n) is 1.42. The molecule has 1 heteroatoms. The van der Waals surface area contributed by atoms with Gasteiger partial charge in [-0.25, -0.2) is 0 Å². The highest BCUT2D eigenvalue weighted by atomic mass is 14.8. The highest BCUT2D eigenvalue weighted by Gasteiger charge is 2.03. The average molecular weight is 163 g/mol. The Morgan fingerprint density at radius 2 is 1.92 bits per heavy atom. The van der Waals surface area contributed by atoms with Crippen molar-refractivity contribution < 1.29 is 0 Å². The first-order valence-corrected chi connectivity index (χ1v) is 4.43. The minimum absolute atomic E-state index is 0.610. The molecule has 0 aromatic heterocycles. The molecule has 0 fully saturated rings. The molecule has 1 N–H and O–H groups in total. The first kappa shape index (κ1) is 9.11. The Morgan fingerprint density at radius 3 is 2.42 bits per heavy atom. The Bertz CT molecular complexity index is 264. The normalized spacial score (nSPS) is 10.4. The summed E-state index contributed by atoms with van der Waals surface area (Å²) in [7, 11) is 1.95. The quantitative estimate of drug-likeness (QED) is 0.706. The van der Waals surface area contributed by atoms with Crippen LogP contribution in [0.4, 0.5) is 5.69 Å². The van der Waals surface area contributed by atoms with Gasteiger partial charge in [0, 0.05) is 12.7 Å². The maximum Gasteiger partial charge on any atom is 0.0340 e. The van der Waals surface area contributed by atoms with Crippen molar-refractivity contribution in [2.45, 2.75) is 26.7 Å². The van der Waals surface area contributed by atoms with Crippen molar-refractivity contribution in [2.75, 3.05) is 12.4 Å². The average Bonchev–Trinajstić information content (AvgIpc) is 2.05. The predicted octanol–water partition coefficient (Wildman–Crippen LogP) is 3.16. The standard InChI is InChI=1S/C11H17N/c1-8(2)11-7-10(12-4)6-5-9(11)3/h5-8,12H,1-4H3. The zero-order chi connectivity index (χ0) is 9.14. The molecule has 0 saturated heterocycles. The highest BCUT2D eigenvalue weighted by Crippen LogP contribution is 2.22. The first-order chi connectivity index (χ1) is 5.65. The molecule has 0 atom stereocenters. The molecule has 0 radical (unpaired) electrons. The zero-order valence-electron chi connectivity index (χ0n) is 8.31. The van der Waals surface area contributed by atoms with Crippen LogP contribution in [0.1, 0.15) is 30.9 Å². The van der Waals surface area contributed by atoms with Gasteiger partial charge in [0.1, 0.15) is 0 Å². The van der Waals surface area contributed by atoms with Gasteiger partial charge < -0.3 is 5.32 Å². The van der Waals surface area contributed by atoms with Gasteiger partial charge in [0.2, 0.25) is 0 Å². The van der Waals surface area contributed by atoms with Gasteiger partial charge in [-0.05, 0) is 36.1 Å². The lowest BCUT2D eigenvalue weighted by Gasteiger charge is -2.11. The summed E-state index contributed by atoms with van der Waals surface area (Å²) in [5, 5.41) is 3.15. The molecule has 12 heavy (non-hydrogen) atoms. The van der Waals surface area contributed by atoms with E-state index < -0.39 is 0 Å². The third kappa shape index (κ3) is 1.79. The summed E-state index contributed by atoms with van der Waals surface area (Å²) in [5.41, 5.74) is 4.01. The van der Waals surface area contributed by atoms with Gasteiger partial charge in [-0.2, -0.15) is 0 Å². The molecule has 1 aromatic rings. The van der Waals surface area contributed by atoms with E-state index in [2.05, 4.69) is 44.3 Å². The Balaban J connectivity index is 3.08. The van der Waals surface area contributed by atoms with Crippen LogP contribution in [0.3, 0.4) is 0 Å². The topological polar surface area (TPSA) is 12.0 Å². The smallest absolute Gasteiger partial charge is 0.0340 e. The largest absolute Gasteiger partial charge is 0.388 e. The molecule has 0 aliphatic carbocycles. The Labute approximate surface area is 74.8 Å². The molecule has 0 unspecified atom stereocenters. The molecule has 0 saturated carbocycles. The maximum atomic E-state index is 3.15. The lowest BCUT2D eigenvalue weighted by Crippen LogP contribution is -1.95. The number of hydrogen-bond acceptors (Lipinski definition) is 1. The lowest BCUT2D eigenvalue weighted by atomic mass is 9.97. The van der Waals surface area contributed by atoms with E-state index in [1.54, 1.807) is 0 Å². The Hall–Kier alpha value is -0.980. The van der Waals surface area contributed by atoms with Crippen molar-refractivity contribution in [1.82, 2.24) is 0 Å². The summed E-state index contributed by atoms with van der Waals surface area (Å²) in [6.07, 6.45) is 0. The summed E-state index contributed by atoms with van der Waals surface area (Å²) in [6.45, 7) is 6.61. The predicted molar refractivity (Wildman–Crippen MR) is 54.8 cm³/mol. The van der Waals surface area contributed by atoms with E-state index in [1.807, 2.05) is 7.05 Å². The van der Waals surface area contributed by atoms with Gasteiger partial charge in [-0.15, -0.1) is 0 Å². The molecule has 66 valence electrons. The number of benzene rings is 1. The van der Waals surface area contributed by atoms with E-state index in [-0.39, 0.29) is 0 Å². The fourth-order valence-corrected chi connectivity index (χ4v) is 1.42. The van der Waals surface area contributed by atoms with Crippen LogP contribution in [0.2, 0.25) is 0 Å². The molecule has 0 spiro atoms. The second kappa shape index (κ2) is 3.61. The van der Waals surface area contributed by atoms with Gasteiger partial charge in [0.05, 0.1) is 0 Å². The van der Waals surface area contributed by atoms with Gasteiger partial charge in [0.15, 0.2) is 0 Å². The van der Waals surface area contributed by atoms with Crippen molar-refractivity contribution in [1.29, 1.82) is 0 Å². The Morgan fingerprint density at radius 1 is 1.25 bits per heavy atom.